The smallest absolute Gasteiger partial charge is 0.264 e. The summed E-state index contributed by atoms with van der Waals surface area (Å²) in [6, 6.07) is 28.7. The molecule has 1 atom stereocenters. The van der Waals surface area contributed by atoms with E-state index in [0.717, 1.165) is 14.8 Å². The number of hydrogen-bond donors (Lipinski definition) is 1. The number of ether oxygens (including phenoxy) is 1. The standard InChI is InChI=1S/C37H42ClN3O5S2/c1-5-46-31-17-15-30(16-18-31)41(48(44,45)33-21-19-32(47-4)20-22-33)26-36(42)40(25-29-13-9-10-14-34(29)38)35(37(43)39-24-27(2)3)23-28-11-7-6-8-12-28/h6-22,27,35H,5,23-26H2,1-4H3,(H,39,43)/t35-/m0/s1. The fourth-order valence-corrected chi connectivity index (χ4v) is 7.08. The van der Waals surface area contributed by atoms with Gasteiger partial charge in [-0.1, -0.05) is 74.0 Å². The van der Waals surface area contributed by atoms with Gasteiger partial charge >= 0.3 is 0 Å². The lowest BCUT2D eigenvalue weighted by molar-refractivity contribution is -0.140. The number of amides is 2. The minimum Gasteiger partial charge on any atom is -0.494 e. The Labute approximate surface area is 293 Å². The molecule has 0 fully saturated rings. The number of rotatable bonds is 16. The number of nitrogens with zero attached hydrogens (tertiary/aromatic N) is 2. The monoisotopic (exact) mass is 707 g/mol. The van der Waals surface area contributed by atoms with E-state index in [2.05, 4.69) is 5.32 Å². The van der Waals surface area contributed by atoms with E-state index < -0.39 is 28.5 Å². The Morgan fingerprint density at radius 3 is 2.15 bits per heavy atom. The molecule has 0 aliphatic rings. The highest BCUT2D eigenvalue weighted by atomic mass is 35.5. The molecule has 11 heteroatoms. The van der Waals surface area contributed by atoms with E-state index in [1.165, 1.54) is 28.8 Å². The van der Waals surface area contributed by atoms with Gasteiger partial charge in [0.15, 0.2) is 0 Å². The molecule has 4 aromatic rings. The average Bonchev–Trinajstić information content (AvgIpc) is 3.09. The normalized spacial score (nSPS) is 12.0. The second-order valence-corrected chi connectivity index (χ2v) is 14.7. The topological polar surface area (TPSA) is 96.0 Å². The molecular formula is C37H42ClN3O5S2. The third-order valence-corrected chi connectivity index (χ3v) is 10.5. The van der Waals surface area contributed by atoms with Crippen LogP contribution in [0.15, 0.2) is 113 Å². The molecule has 0 aliphatic heterocycles. The van der Waals surface area contributed by atoms with Gasteiger partial charge in [0, 0.05) is 29.4 Å². The van der Waals surface area contributed by atoms with E-state index >= 15 is 0 Å². The zero-order valence-corrected chi connectivity index (χ0v) is 30.0. The van der Waals surface area contributed by atoms with E-state index in [1.807, 2.05) is 63.4 Å². The van der Waals surface area contributed by atoms with Crippen LogP contribution in [0.25, 0.3) is 0 Å². The van der Waals surface area contributed by atoms with Gasteiger partial charge in [-0.2, -0.15) is 0 Å². The molecular weight excluding hydrogens is 666 g/mol. The van der Waals surface area contributed by atoms with Gasteiger partial charge in [-0.3, -0.25) is 13.9 Å². The van der Waals surface area contributed by atoms with Crippen molar-refractivity contribution in [1.82, 2.24) is 10.2 Å². The molecule has 4 rings (SSSR count). The Kier molecular flexibility index (Phi) is 13.4. The molecule has 8 nitrogen and oxygen atoms in total. The van der Waals surface area contributed by atoms with Crippen LogP contribution in [0.5, 0.6) is 5.75 Å². The van der Waals surface area contributed by atoms with Crippen molar-refractivity contribution in [2.75, 3.05) is 30.3 Å². The summed E-state index contributed by atoms with van der Waals surface area (Å²) >= 11 is 8.08. The second kappa shape index (κ2) is 17.4. The summed E-state index contributed by atoms with van der Waals surface area (Å²) in [5, 5.41) is 3.43. The Morgan fingerprint density at radius 2 is 1.54 bits per heavy atom. The van der Waals surface area contributed by atoms with Crippen LogP contribution < -0.4 is 14.4 Å². The first-order valence-electron chi connectivity index (χ1n) is 15.8. The quantitative estimate of drug-likeness (QED) is 0.125. The molecule has 0 aliphatic carbocycles. The number of nitrogens with one attached hydrogen (secondary N) is 1. The van der Waals surface area contributed by atoms with E-state index in [9.17, 15) is 18.0 Å². The van der Waals surface area contributed by atoms with Gasteiger partial charge < -0.3 is 15.0 Å². The molecule has 4 aromatic carbocycles. The molecule has 0 bridgehead atoms. The summed E-state index contributed by atoms with van der Waals surface area (Å²) in [5.41, 5.74) is 1.76. The van der Waals surface area contributed by atoms with Crippen LogP contribution in [0.1, 0.15) is 31.9 Å². The number of anilines is 1. The number of thioether (sulfide) groups is 1. The molecule has 0 saturated heterocycles. The van der Waals surface area contributed by atoms with Gasteiger partial charge in [0.05, 0.1) is 17.2 Å². The van der Waals surface area contributed by atoms with E-state index in [-0.39, 0.29) is 35.4 Å². The number of carbonyl (C=O) groups is 2. The van der Waals surface area contributed by atoms with E-state index in [1.54, 1.807) is 54.6 Å². The number of sulfonamides is 1. The second-order valence-electron chi connectivity index (χ2n) is 11.6. The van der Waals surface area contributed by atoms with Crippen LogP contribution in [0.2, 0.25) is 5.02 Å². The van der Waals surface area contributed by atoms with Crippen LogP contribution in [-0.4, -0.2) is 57.1 Å². The molecule has 254 valence electrons. The summed E-state index contributed by atoms with van der Waals surface area (Å²) in [7, 11) is -4.23. The Hall–Kier alpha value is -3.99. The lowest BCUT2D eigenvalue weighted by Gasteiger charge is -2.34. The zero-order valence-electron chi connectivity index (χ0n) is 27.6. The van der Waals surface area contributed by atoms with Gasteiger partial charge in [-0.25, -0.2) is 8.42 Å². The number of halogens is 1. The van der Waals surface area contributed by atoms with Gasteiger partial charge in [0.25, 0.3) is 10.0 Å². The number of carbonyl (C=O) groups excluding carboxylic acids is 2. The maximum absolute atomic E-state index is 14.6. The van der Waals surface area contributed by atoms with Crippen molar-refractivity contribution in [2.45, 2.75) is 49.6 Å². The molecule has 1 N–H and O–H groups in total. The predicted molar refractivity (Wildman–Crippen MR) is 194 cm³/mol. The Bertz CT molecular complexity index is 1750. The van der Waals surface area contributed by atoms with E-state index in [4.69, 9.17) is 16.3 Å². The fourth-order valence-electron chi connectivity index (χ4n) is 5.07. The van der Waals surface area contributed by atoms with Crippen LogP contribution in [0.4, 0.5) is 5.69 Å². The summed E-state index contributed by atoms with van der Waals surface area (Å²) in [4.78, 5) is 30.9. The van der Waals surface area contributed by atoms with Gasteiger partial charge in [0.1, 0.15) is 18.3 Å². The molecule has 0 saturated carbocycles. The highest BCUT2D eigenvalue weighted by molar-refractivity contribution is 7.98. The first-order chi connectivity index (χ1) is 23.0. The minimum absolute atomic E-state index is 0.00924. The summed E-state index contributed by atoms with van der Waals surface area (Å²) in [6.45, 7) is 6.13. The van der Waals surface area contributed by atoms with Crippen molar-refractivity contribution in [3.8, 4) is 5.75 Å². The van der Waals surface area contributed by atoms with Crippen LogP contribution in [0.3, 0.4) is 0 Å². The summed E-state index contributed by atoms with van der Waals surface area (Å²) in [5.74, 6) is -0.152. The summed E-state index contributed by atoms with van der Waals surface area (Å²) < 4.78 is 35.3. The zero-order chi connectivity index (χ0) is 34.7. The lowest BCUT2D eigenvalue weighted by Crippen LogP contribution is -2.53. The molecule has 48 heavy (non-hydrogen) atoms. The Balaban J connectivity index is 1.81. The largest absolute Gasteiger partial charge is 0.494 e. The van der Waals surface area contributed by atoms with Gasteiger partial charge in [-0.15, -0.1) is 11.8 Å². The molecule has 0 aromatic heterocycles. The van der Waals surface area contributed by atoms with Crippen molar-refractivity contribution >= 4 is 50.9 Å². The summed E-state index contributed by atoms with van der Waals surface area (Å²) in [6.07, 6.45) is 2.12. The fraction of sp³-hybridized carbons (Fsp3) is 0.297. The first kappa shape index (κ1) is 36.8. The van der Waals surface area contributed by atoms with Crippen molar-refractivity contribution in [3.63, 3.8) is 0 Å². The van der Waals surface area contributed by atoms with Crippen molar-refractivity contribution < 1.29 is 22.7 Å². The SMILES string of the molecule is CCOc1ccc(N(CC(=O)N(Cc2ccccc2Cl)[C@@H](Cc2ccccc2)C(=O)NCC(C)C)S(=O)(=O)c2ccc(SC)cc2)cc1. The molecule has 0 unspecified atom stereocenters. The van der Waals surface area contributed by atoms with Crippen LogP contribution >= 0.6 is 23.4 Å². The maximum atomic E-state index is 14.6. The average molecular weight is 708 g/mol. The third-order valence-electron chi connectivity index (χ3n) is 7.62. The lowest BCUT2D eigenvalue weighted by atomic mass is 10.0. The predicted octanol–water partition coefficient (Wildman–Crippen LogP) is 7.07. The first-order valence-corrected chi connectivity index (χ1v) is 18.8. The molecule has 0 spiro atoms. The molecule has 0 heterocycles. The number of benzene rings is 4. The van der Waals surface area contributed by atoms with Crippen molar-refractivity contribution in [2.24, 2.45) is 5.92 Å². The molecule has 0 radical (unpaired) electrons. The maximum Gasteiger partial charge on any atom is 0.264 e. The Morgan fingerprint density at radius 1 is 0.896 bits per heavy atom. The number of hydrogen-bond acceptors (Lipinski definition) is 6. The van der Waals surface area contributed by atoms with Crippen LogP contribution in [0, 0.1) is 5.92 Å². The van der Waals surface area contributed by atoms with Gasteiger partial charge in [-0.05, 0) is 84.8 Å². The molecule has 2 amide bonds. The van der Waals surface area contributed by atoms with E-state index in [0.29, 0.717) is 29.5 Å². The van der Waals surface area contributed by atoms with Crippen LogP contribution in [-0.2, 0) is 32.6 Å². The highest BCUT2D eigenvalue weighted by Gasteiger charge is 2.35. The third kappa shape index (κ3) is 9.78. The van der Waals surface area contributed by atoms with Crippen molar-refractivity contribution in [1.29, 1.82) is 0 Å². The highest BCUT2D eigenvalue weighted by Crippen LogP contribution is 2.28. The minimum atomic E-state index is -4.23. The van der Waals surface area contributed by atoms with Gasteiger partial charge in [0.2, 0.25) is 11.8 Å². The van der Waals surface area contributed by atoms with Crippen molar-refractivity contribution in [3.05, 3.63) is 119 Å².